The van der Waals surface area contributed by atoms with Crippen LogP contribution >= 0.6 is 0 Å². The Hall–Kier alpha value is -1.69. The van der Waals surface area contributed by atoms with E-state index in [0.29, 0.717) is 6.54 Å². The minimum absolute atomic E-state index is 0.0829. The van der Waals surface area contributed by atoms with Gasteiger partial charge in [-0.25, -0.2) is 4.39 Å². The summed E-state index contributed by atoms with van der Waals surface area (Å²) in [7, 11) is 0. The molecule has 1 atom stereocenters. The highest BCUT2D eigenvalue weighted by atomic mass is 19.1. The highest BCUT2D eigenvalue weighted by Gasteiger charge is 2.16. The van der Waals surface area contributed by atoms with E-state index in [4.69, 9.17) is 5.73 Å². The first-order chi connectivity index (χ1) is 8.08. The van der Waals surface area contributed by atoms with Crippen LogP contribution in [0.2, 0.25) is 0 Å². The molecule has 94 valence electrons. The van der Waals surface area contributed by atoms with Crippen molar-refractivity contribution in [1.82, 2.24) is 0 Å². The van der Waals surface area contributed by atoms with Crippen molar-refractivity contribution in [3.63, 3.8) is 0 Å². The average molecular weight is 241 g/mol. The summed E-state index contributed by atoms with van der Waals surface area (Å²) >= 11 is 0. The summed E-state index contributed by atoms with van der Waals surface area (Å²) in [6.45, 7) is 2.34. The van der Waals surface area contributed by atoms with Crippen molar-refractivity contribution in [1.29, 1.82) is 0 Å². The van der Waals surface area contributed by atoms with Gasteiger partial charge in [-0.2, -0.15) is 0 Å². The van der Waals surface area contributed by atoms with Gasteiger partial charge in [0.2, 0.25) is 0 Å². The number of anilines is 1. The van der Waals surface area contributed by atoms with Crippen LogP contribution in [0, 0.1) is 15.9 Å². The Morgan fingerprint density at radius 1 is 1.59 bits per heavy atom. The Kier molecular flexibility index (Phi) is 4.84. The van der Waals surface area contributed by atoms with Gasteiger partial charge in [-0.15, -0.1) is 0 Å². The fraction of sp³-hybridized carbons (Fsp3) is 0.455. The van der Waals surface area contributed by atoms with Crippen molar-refractivity contribution in [2.75, 3.05) is 11.9 Å². The zero-order valence-electron chi connectivity index (χ0n) is 9.65. The van der Waals surface area contributed by atoms with E-state index >= 15 is 0 Å². The van der Waals surface area contributed by atoms with Crippen LogP contribution in [0.15, 0.2) is 18.2 Å². The molecule has 0 aromatic heterocycles. The standard InChI is InChI=1S/C11H16FN3O2/c1-2-3-9(7-13)14-10-6-8(12)4-5-11(10)15(16)17/h4-6,9,14H,2-3,7,13H2,1H3. The molecule has 0 radical (unpaired) electrons. The minimum Gasteiger partial charge on any atom is -0.375 e. The molecule has 5 nitrogen and oxygen atoms in total. The second kappa shape index (κ2) is 6.15. The van der Waals surface area contributed by atoms with Gasteiger partial charge < -0.3 is 11.1 Å². The molecule has 1 rings (SSSR count). The van der Waals surface area contributed by atoms with E-state index in [1.807, 2.05) is 6.92 Å². The average Bonchev–Trinajstić information content (AvgIpc) is 2.28. The minimum atomic E-state index is -0.540. The van der Waals surface area contributed by atoms with Gasteiger partial charge in [-0.3, -0.25) is 10.1 Å². The number of rotatable bonds is 6. The maximum Gasteiger partial charge on any atom is 0.292 e. The van der Waals surface area contributed by atoms with Crippen LogP contribution in [-0.4, -0.2) is 17.5 Å². The second-order valence-electron chi connectivity index (χ2n) is 3.78. The highest BCUT2D eigenvalue weighted by molar-refractivity contribution is 5.61. The molecular weight excluding hydrogens is 225 g/mol. The molecule has 0 heterocycles. The lowest BCUT2D eigenvalue weighted by atomic mass is 10.1. The number of hydrogen-bond donors (Lipinski definition) is 2. The van der Waals surface area contributed by atoms with Gasteiger partial charge in [0, 0.05) is 24.7 Å². The summed E-state index contributed by atoms with van der Waals surface area (Å²) in [5.74, 6) is -0.509. The van der Waals surface area contributed by atoms with E-state index in [-0.39, 0.29) is 17.4 Å². The zero-order chi connectivity index (χ0) is 12.8. The highest BCUT2D eigenvalue weighted by Crippen LogP contribution is 2.25. The van der Waals surface area contributed by atoms with Gasteiger partial charge in [0.1, 0.15) is 11.5 Å². The number of nitro benzene ring substituents is 1. The normalized spacial score (nSPS) is 12.2. The van der Waals surface area contributed by atoms with Gasteiger partial charge in [-0.05, 0) is 12.5 Å². The molecule has 0 amide bonds. The first kappa shape index (κ1) is 13.4. The van der Waals surface area contributed by atoms with Crippen LogP contribution in [0.1, 0.15) is 19.8 Å². The smallest absolute Gasteiger partial charge is 0.292 e. The first-order valence-corrected chi connectivity index (χ1v) is 5.49. The third kappa shape index (κ3) is 3.67. The fourth-order valence-corrected chi connectivity index (χ4v) is 1.60. The van der Waals surface area contributed by atoms with E-state index in [1.54, 1.807) is 0 Å². The Bertz CT molecular complexity index is 398. The molecule has 0 fully saturated rings. The molecule has 1 aromatic rings. The largest absolute Gasteiger partial charge is 0.375 e. The summed E-state index contributed by atoms with van der Waals surface area (Å²) in [5.41, 5.74) is 5.59. The van der Waals surface area contributed by atoms with Crippen molar-refractivity contribution >= 4 is 11.4 Å². The summed E-state index contributed by atoms with van der Waals surface area (Å²) in [5, 5.41) is 13.7. The Labute approximate surface area is 99.0 Å². The van der Waals surface area contributed by atoms with Crippen LogP contribution in [0.5, 0.6) is 0 Å². The van der Waals surface area contributed by atoms with E-state index in [9.17, 15) is 14.5 Å². The van der Waals surface area contributed by atoms with Crippen molar-refractivity contribution in [2.45, 2.75) is 25.8 Å². The molecule has 17 heavy (non-hydrogen) atoms. The lowest BCUT2D eigenvalue weighted by Crippen LogP contribution is -2.28. The molecule has 0 bridgehead atoms. The number of nitrogens with one attached hydrogen (secondary N) is 1. The maximum atomic E-state index is 13.1. The molecule has 0 aliphatic carbocycles. The van der Waals surface area contributed by atoms with E-state index < -0.39 is 10.7 Å². The number of nitrogens with zero attached hydrogens (tertiary/aromatic N) is 1. The zero-order valence-corrected chi connectivity index (χ0v) is 9.65. The van der Waals surface area contributed by atoms with Gasteiger partial charge in [0.25, 0.3) is 5.69 Å². The van der Waals surface area contributed by atoms with Crippen molar-refractivity contribution in [3.8, 4) is 0 Å². The quantitative estimate of drug-likeness (QED) is 0.591. The molecule has 0 aliphatic rings. The van der Waals surface area contributed by atoms with E-state index in [0.717, 1.165) is 31.0 Å². The molecule has 3 N–H and O–H groups in total. The Morgan fingerprint density at radius 2 is 2.29 bits per heavy atom. The maximum absolute atomic E-state index is 13.1. The van der Waals surface area contributed by atoms with Gasteiger partial charge in [0.15, 0.2) is 0 Å². The van der Waals surface area contributed by atoms with Gasteiger partial charge >= 0.3 is 0 Å². The molecule has 0 saturated carbocycles. The number of benzene rings is 1. The van der Waals surface area contributed by atoms with Gasteiger partial charge in [0.05, 0.1) is 4.92 Å². The third-order valence-corrected chi connectivity index (χ3v) is 2.44. The molecule has 1 unspecified atom stereocenters. The molecule has 1 aromatic carbocycles. The summed E-state index contributed by atoms with van der Waals surface area (Å²) < 4.78 is 13.1. The van der Waals surface area contributed by atoms with E-state index in [1.165, 1.54) is 0 Å². The Balaban J connectivity index is 2.94. The molecular formula is C11H16FN3O2. The Morgan fingerprint density at radius 3 is 2.82 bits per heavy atom. The number of halogens is 1. The predicted octanol–water partition coefficient (Wildman–Crippen LogP) is 2.27. The van der Waals surface area contributed by atoms with E-state index in [2.05, 4.69) is 5.32 Å². The summed E-state index contributed by atoms with van der Waals surface area (Å²) in [6.07, 6.45) is 1.68. The summed E-state index contributed by atoms with van der Waals surface area (Å²) in [6, 6.07) is 3.26. The van der Waals surface area contributed by atoms with Crippen molar-refractivity contribution in [2.24, 2.45) is 5.73 Å². The van der Waals surface area contributed by atoms with Crippen LogP contribution in [0.4, 0.5) is 15.8 Å². The topological polar surface area (TPSA) is 81.2 Å². The number of hydrogen-bond acceptors (Lipinski definition) is 4. The molecule has 0 aliphatic heterocycles. The van der Waals surface area contributed by atoms with Crippen LogP contribution < -0.4 is 11.1 Å². The fourth-order valence-electron chi connectivity index (χ4n) is 1.60. The monoisotopic (exact) mass is 241 g/mol. The van der Waals surface area contributed by atoms with Crippen LogP contribution in [0.3, 0.4) is 0 Å². The second-order valence-corrected chi connectivity index (χ2v) is 3.78. The number of nitro groups is 1. The van der Waals surface area contributed by atoms with Gasteiger partial charge in [-0.1, -0.05) is 13.3 Å². The number of nitrogens with two attached hydrogens (primary N) is 1. The molecule has 0 spiro atoms. The van der Waals surface area contributed by atoms with Crippen molar-refractivity contribution < 1.29 is 9.31 Å². The molecule has 0 saturated heterocycles. The summed E-state index contributed by atoms with van der Waals surface area (Å²) in [4.78, 5) is 10.2. The molecule has 6 heteroatoms. The van der Waals surface area contributed by atoms with Crippen LogP contribution in [-0.2, 0) is 0 Å². The first-order valence-electron chi connectivity index (χ1n) is 5.49. The van der Waals surface area contributed by atoms with Crippen LogP contribution in [0.25, 0.3) is 0 Å². The lowest BCUT2D eigenvalue weighted by molar-refractivity contribution is -0.384. The van der Waals surface area contributed by atoms with Crippen molar-refractivity contribution in [3.05, 3.63) is 34.1 Å². The SMILES string of the molecule is CCCC(CN)Nc1cc(F)ccc1[N+](=O)[O-]. The lowest BCUT2D eigenvalue weighted by Gasteiger charge is -2.17. The third-order valence-electron chi connectivity index (χ3n) is 2.44. The predicted molar refractivity (Wildman–Crippen MR) is 64.4 cm³/mol.